The van der Waals surface area contributed by atoms with Crippen molar-refractivity contribution in [1.82, 2.24) is 5.32 Å². The SMILES string of the molecule is CCC1CCN(c2c(F)ccc(C)c2F)CCCN1. The first kappa shape index (κ1) is 14.3. The molecular weight excluding hydrogens is 246 g/mol. The Morgan fingerprint density at radius 3 is 2.84 bits per heavy atom. The number of rotatable bonds is 2. The minimum absolute atomic E-state index is 0.150. The van der Waals surface area contributed by atoms with Crippen molar-refractivity contribution in [2.45, 2.75) is 39.2 Å². The number of halogens is 2. The first-order valence-corrected chi connectivity index (χ1v) is 7.06. The van der Waals surface area contributed by atoms with Crippen LogP contribution in [-0.4, -0.2) is 25.7 Å². The molecule has 0 amide bonds. The molecule has 2 nitrogen and oxygen atoms in total. The number of aryl methyl sites for hydroxylation is 1. The predicted molar refractivity (Wildman–Crippen MR) is 74.6 cm³/mol. The molecule has 0 saturated carbocycles. The second-order valence-corrected chi connectivity index (χ2v) is 5.22. The Balaban J connectivity index is 2.22. The Morgan fingerprint density at radius 1 is 1.32 bits per heavy atom. The Morgan fingerprint density at radius 2 is 2.11 bits per heavy atom. The summed E-state index contributed by atoms with van der Waals surface area (Å²) in [5.41, 5.74) is 0.653. The van der Waals surface area contributed by atoms with Gasteiger partial charge in [0.15, 0.2) is 5.82 Å². The molecule has 1 aliphatic heterocycles. The molecule has 1 atom stereocenters. The average Bonchev–Trinajstić information content (AvgIpc) is 2.37. The first-order chi connectivity index (χ1) is 9.13. The minimum atomic E-state index is -0.454. The van der Waals surface area contributed by atoms with E-state index < -0.39 is 11.6 Å². The molecule has 19 heavy (non-hydrogen) atoms. The zero-order chi connectivity index (χ0) is 13.8. The third kappa shape index (κ3) is 3.24. The summed E-state index contributed by atoms with van der Waals surface area (Å²) in [4.78, 5) is 1.86. The third-order valence-corrected chi connectivity index (χ3v) is 3.85. The van der Waals surface area contributed by atoms with Crippen molar-refractivity contribution in [3.8, 4) is 0 Å². The van der Waals surface area contributed by atoms with E-state index in [2.05, 4.69) is 12.2 Å². The van der Waals surface area contributed by atoms with Crippen LogP contribution in [0.5, 0.6) is 0 Å². The first-order valence-electron chi connectivity index (χ1n) is 7.06. The molecule has 0 radical (unpaired) electrons. The van der Waals surface area contributed by atoms with Crippen LogP contribution in [0.3, 0.4) is 0 Å². The molecule has 1 saturated heterocycles. The van der Waals surface area contributed by atoms with Crippen LogP contribution in [0.2, 0.25) is 0 Å². The van der Waals surface area contributed by atoms with E-state index in [9.17, 15) is 8.78 Å². The van der Waals surface area contributed by atoms with Crippen molar-refractivity contribution in [3.05, 3.63) is 29.3 Å². The fraction of sp³-hybridized carbons (Fsp3) is 0.600. The van der Waals surface area contributed by atoms with Gasteiger partial charge in [0.1, 0.15) is 11.5 Å². The predicted octanol–water partition coefficient (Wildman–Crippen LogP) is 3.24. The van der Waals surface area contributed by atoms with Crippen molar-refractivity contribution >= 4 is 5.69 Å². The molecule has 0 spiro atoms. The molecule has 1 aliphatic rings. The third-order valence-electron chi connectivity index (χ3n) is 3.85. The van der Waals surface area contributed by atoms with Crippen molar-refractivity contribution in [2.24, 2.45) is 0 Å². The highest BCUT2D eigenvalue weighted by Gasteiger charge is 2.20. The van der Waals surface area contributed by atoms with Gasteiger partial charge >= 0.3 is 0 Å². The van der Waals surface area contributed by atoms with Gasteiger partial charge in [0.25, 0.3) is 0 Å². The van der Waals surface area contributed by atoms with Gasteiger partial charge in [0.2, 0.25) is 0 Å². The van der Waals surface area contributed by atoms with Gasteiger partial charge in [-0.3, -0.25) is 0 Å². The summed E-state index contributed by atoms with van der Waals surface area (Å²) in [5, 5.41) is 3.47. The smallest absolute Gasteiger partial charge is 0.152 e. The molecule has 0 bridgehead atoms. The molecule has 0 aliphatic carbocycles. The largest absolute Gasteiger partial charge is 0.367 e. The summed E-state index contributed by atoms with van der Waals surface area (Å²) in [6.45, 7) is 6.11. The van der Waals surface area contributed by atoms with Crippen molar-refractivity contribution in [2.75, 3.05) is 24.5 Å². The van der Waals surface area contributed by atoms with Gasteiger partial charge in [0.05, 0.1) is 0 Å². The fourth-order valence-electron chi connectivity index (χ4n) is 2.61. The monoisotopic (exact) mass is 268 g/mol. The van der Waals surface area contributed by atoms with Gasteiger partial charge in [-0.15, -0.1) is 0 Å². The Hall–Kier alpha value is -1.16. The molecular formula is C15H22F2N2. The lowest BCUT2D eigenvalue weighted by Crippen LogP contribution is -2.40. The van der Waals surface area contributed by atoms with E-state index in [1.807, 2.05) is 4.90 Å². The normalized spacial score (nSPS) is 21.1. The van der Waals surface area contributed by atoms with Gasteiger partial charge in [0, 0.05) is 19.1 Å². The minimum Gasteiger partial charge on any atom is -0.367 e. The lowest BCUT2D eigenvalue weighted by atomic mass is 10.1. The summed E-state index contributed by atoms with van der Waals surface area (Å²) in [7, 11) is 0. The summed E-state index contributed by atoms with van der Waals surface area (Å²) < 4.78 is 28.1. The lowest BCUT2D eigenvalue weighted by molar-refractivity contribution is 0.434. The van der Waals surface area contributed by atoms with Crippen molar-refractivity contribution in [3.63, 3.8) is 0 Å². The Labute approximate surface area is 113 Å². The number of benzene rings is 1. The lowest BCUT2D eigenvalue weighted by Gasteiger charge is -2.31. The second kappa shape index (κ2) is 6.33. The molecule has 106 valence electrons. The van der Waals surface area contributed by atoms with Crippen LogP contribution in [-0.2, 0) is 0 Å². The molecule has 1 fully saturated rings. The topological polar surface area (TPSA) is 15.3 Å². The van der Waals surface area contributed by atoms with Crippen molar-refractivity contribution < 1.29 is 8.78 Å². The van der Waals surface area contributed by atoms with Crippen molar-refractivity contribution in [1.29, 1.82) is 0 Å². The summed E-state index contributed by atoms with van der Waals surface area (Å²) >= 11 is 0. The average molecular weight is 268 g/mol. The summed E-state index contributed by atoms with van der Waals surface area (Å²) in [5.74, 6) is -0.869. The molecule has 0 aromatic heterocycles. The van der Waals surface area contributed by atoms with Gasteiger partial charge in [-0.2, -0.15) is 0 Å². The van der Waals surface area contributed by atoms with Gasteiger partial charge < -0.3 is 10.2 Å². The maximum absolute atomic E-state index is 14.2. The molecule has 1 heterocycles. The number of nitrogens with zero attached hydrogens (tertiary/aromatic N) is 1. The Kier molecular flexibility index (Phi) is 4.75. The maximum Gasteiger partial charge on any atom is 0.152 e. The number of hydrogen-bond acceptors (Lipinski definition) is 2. The van der Waals surface area contributed by atoms with Crippen LogP contribution < -0.4 is 10.2 Å². The number of hydrogen-bond donors (Lipinski definition) is 1. The van der Waals surface area contributed by atoms with Gasteiger partial charge in [-0.1, -0.05) is 13.0 Å². The molecule has 1 aromatic carbocycles. The molecule has 1 N–H and O–H groups in total. The molecule has 2 rings (SSSR count). The van der Waals surface area contributed by atoms with Gasteiger partial charge in [-0.25, -0.2) is 8.78 Å². The highest BCUT2D eigenvalue weighted by molar-refractivity contribution is 5.51. The van der Waals surface area contributed by atoms with E-state index in [-0.39, 0.29) is 5.69 Å². The van der Waals surface area contributed by atoms with Crippen LogP contribution >= 0.6 is 0 Å². The zero-order valence-corrected chi connectivity index (χ0v) is 11.7. The van der Waals surface area contributed by atoms with Crippen LogP contribution in [0.25, 0.3) is 0 Å². The molecule has 4 heteroatoms. The summed E-state index contributed by atoms with van der Waals surface area (Å²) in [6.07, 6.45) is 2.87. The Bertz CT molecular complexity index is 434. The van der Waals surface area contributed by atoms with E-state index in [4.69, 9.17) is 0 Å². The molecule has 1 unspecified atom stereocenters. The number of anilines is 1. The van der Waals surface area contributed by atoms with Crippen LogP contribution in [0.1, 0.15) is 31.7 Å². The maximum atomic E-state index is 14.2. The van der Waals surface area contributed by atoms with E-state index >= 15 is 0 Å². The highest BCUT2D eigenvalue weighted by atomic mass is 19.1. The highest BCUT2D eigenvalue weighted by Crippen LogP contribution is 2.27. The zero-order valence-electron chi connectivity index (χ0n) is 11.7. The summed E-state index contributed by atoms with van der Waals surface area (Å²) in [6, 6.07) is 3.30. The standard InChI is InChI=1S/C15H22F2N2/c1-3-12-7-10-19(9-4-8-18-12)15-13(16)6-5-11(2)14(15)17/h5-6,12,18H,3-4,7-10H2,1-2H3. The quantitative estimate of drug-likeness (QED) is 0.886. The van der Waals surface area contributed by atoms with E-state index in [1.165, 1.54) is 12.1 Å². The number of nitrogens with one attached hydrogen (secondary N) is 1. The van der Waals surface area contributed by atoms with Gasteiger partial charge in [-0.05, 0) is 44.4 Å². The molecule has 1 aromatic rings. The van der Waals surface area contributed by atoms with E-state index in [0.29, 0.717) is 24.7 Å². The van der Waals surface area contributed by atoms with Crippen LogP contribution in [0.15, 0.2) is 12.1 Å². The van der Waals surface area contributed by atoms with Crippen LogP contribution in [0, 0.1) is 18.6 Å². The van der Waals surface area contributed by atoms with E-state index in [1.54, 1.807) is 6.92 Å². The second-order valence-electron chi connectivity index (χ2n) is 5.22. The van der Waals surface area contributed by atoms with Crippen LogP contribution in [0.4, 0.5) is 14.5 Å². The van der Waals surface area contributed by atoms with E-state index in [0.717, 1.165) is 25.8 Å². The fourth-order valence-corrected chi connectivity index (χ4v) is 2.61.